The first kappa shape index (κ1) is 18.3. The van der Waals surface area contributed by atoms with Crippen LogP contribution in [-0.4, -0.2) is 50.2 Å². The van der Waals surface area contributed by atoms with E-state index in [0.29, 0.717) is 16.7 Å². The van der Waals surface area contributed by atoms with Crippen molar-refractivity contribution in [1.82, 2.24) is 20.0 Å². The first-order chi connectivity index (χ1) is 14.6. The third kappa shape index (κ3) is 3.09. The molecule has 1 aliphatic heterocycles. The number of aromatic nitrogens is 4. The summed E-state index contributed by atoms with van der Waals surface area (Å²) in [6.45, 7) is 0.101. The van der Waals surface area contributed by atoms with Gasteiger partial charge in [-0.1, -0.05) is 6.07 Å². The minimum absolute atomic E-state index is 0.00107. The van der Waals surface area contributed by atoms with Gasteiger partial charge in [0.1, 0.15) is 18.1 Å². The molecule has 2 aromatic carbocycles. The van der Waals surface area contributed by atoms with Crippen LogP contribution in [0.5, 0.6) is 11.5 Å². The molecule has 0 saturated carbocycles. The number of hydrogen-bond acceptors (Lipinski definition) is 6. The summed E-state index contributed by atoms with van der Waals surface area (Å²) in [7, 11) is 0. The summed E-state index contributed by atoms with van der Waals surface area (Å²) in [5.74, 6) is -0.278. The maximum Gasteiger partial charge on any atom is 0.227 e. The number of aromatic amines is 1. The molecule has 0 amide bonds. The third-order valence-corrected chi connectivity index (χ3v) is 4.99. The molecule has 4 aromatic rings. The normalized spacial score (nSPS) is 15.5. The van der Waals surface area contributed by atoms with Crippen LogP contribution in [0.3, 0.4) is 0 Å². The quantitative estimate of drug-likeness (QED) is 0.492. The van der Waals surface area contributed by atoms with Crippen molar-refractivity contribution in [3.63, 3.8) is 0 Å². The van der Waals surface area contributed by atoms with Crippen molar-refractivity contribution in [2.75, 3.05) is 13.2 Å². The average Bonchev–Trinajstić information content (AvgIpc) is 3.41. The number of benzene rings is 2. The van der Waals surface area contributed by atoms with Crippen LogP contribution in [0.1, 0.15) is 10.5 Å². The summed E-state index contributed by atoms with van der Waals surface area (Å²) in [6.07, 6.45) is 2.52. The van der Waals surface area contributed by atoms with Crippen LogP contribution in [0.4, 0.5) is 4.39 Å². The molecule has 1 atom stereocenters. The molecule has 0 radical (unpaired) electrons. The molecule has 8 nitrogen and oxygen atoms in total. The zero-order valence-electron chi connectivity index (χ0n) is 15.7. The molecule has 0 saturated heterocycles. The standard InChI is InChI=1S/C21H17FN4O4/c22-14-2-4-17-18(8-14)30-19(11-29-17)21(28)20-15-3-1-12(13-9-23-24-10-13)7-16(15)26(25-20)5-6-27/h1-4,7-10,19,27H,5-6,11H2,(H,23,24). The Labute approximate surface area is 169 Å². The molecule has 1 unspecified atom stereocenters. The number of aliphatic hydroxyl groups is 1. The van der Waals surface area contributed by atoms with Gasteiger partial charge in [-0.3, -0.25) is 14.6 Å². The number of rotatable bonds is 5. The first-order valence-corrected chi connectivity index (χ1v) is 9.38. The number of nitrogens with one attached hydrogen (secondary N) is 1. The van der Waals surface area contributed by atoms with Gasteiger partial charge in [0.2, 0.25) is 5.78 Å². The van der Waals surface area contributed by atoms with Gasteiger partial charge in [0.15, 0.2) is 17.6 Å². The molecule has 9 heteroatoms. The van der Waals surface area contributed by atoms with Crippen LogP contribution in [0.2, 0.25) is 0 Å². The number of hydrogen-bond donors (Lipinski definition) is 2. The number of H-pyrrole nitrogens is 1. The second kappa shape index (κ2) is 7.27. The van der Waals surface area contributed by atoms with E-state index in [2.05, 4.69) is 15.3 Å². The van der Waals surface area contributed by atoms with E-state index in [9.17, 15) is 14.3 Å². The number of nitrogens with zero attached hydrogens (tertiary/aromatic N) is 3. The number of halogens is 1. The summed E-state index contributed by atoms with van der Waals surface area (Å²) in [5.41, 5.74) is 2.71. The highest BCUT2D eigenvalue weighted by molar-refractivity contribution is 6.09. The topological polar surface area (TPSA) is 102 Å². The van der Waals surface area contributed by atoms with E-state index >= 15 is 0 Å². The number of ketones is 1. The lowest BCUT2D eigenvalue weighted by molar-refractivity contribution is 0.0579. The molecule has 2 aromatic heterocycles. The van der Waals surface area contributed by atoms with Gasteiger partial charge in [-0.2, -0.15) is 10.2 Å². The fourth-order valence-electron chi connectivity index (χ4n) is 3.54. The van der Waals surface area contributed by atoms with Gasteiger partial charge in [-0.25, -0.2) is 4.39 Å². The van der Waals surface area contributed by atoms with Gasteiger partial charge in [0.25, 0.3) is 0 Å². The Hall–Kier alpha value is -3.72. The molecule has 0 aliphatic carbocycles. The number of fused-ring (bicyclic) bond motifs is 2. The lowest BCUT2D eigenvalue weighted by atomic mass is 10.0. The highest BCUT2D eigenvalue weighted by Crippen LogP contribution is 2.34. The Morgan fingerprint density at radius 1 is 1.23 bits per heavy atom. The molecule has 0 spiro atoms. The Bertz CT molecular complexity index is 1240. The molecule has 0 fully saturated rings. The van der Waals surface area contributed by atoms with Crippen LogP contribution in [0, 0.1) is 5.82 Å². The van der Waals surface area contributed by atoms with Crippen LogP contribution in [0.15, 0.2) is 48.8 Å². The molecular formula is C21H17FN4O4. The number of aliphatic hydroxyl groups excluding tert-OH is 1. The van der Waals surface area contributed by atoms with Crippen LogP contribution in [0.25, 0.3) is 22.0 Å². The molecule has 152 valence electrons. The SMILES string of the molecule is O=C(c1nn(CCO)c2cc(-c3cn[nH]c3)ccc12)C1COc2ccc(F)cc2O1. The Morgan fingerprint density at radius 2 is 2.13 bits per heavy atom. The Morgan fingerprint density at radius 3 is 2.93 bits per heavy atom. The van der Waals surface area contributed by atoms with Crippen LogP contribution in [-0.2, 0) is 6.54 Å². The summed E-state index contributed by atoms with van der Waals surface area (Å²) in [4.78, 5) is 13.2. The van der Waals surface area contributed by atoms with Gasteiger partial charge in [0.05, 0.1) is 24.9 Å². The van der Waals surface area contributed by atoms with Crippen molar-refractivity contribution in [1.29, 1.82) is 0 Å². The van der Waals surface area contributed by atoms with Gasteiger partial charge >= 0.3 is 0 Å². The first-order valence-electron chi connectivity index (χ1n) is 9.38. The van der Waals surface area contributed by atoms with E-state index in [0.717, 1.165) is 11.1 Å². The second-order valence-electron chi connectivity index (χ2n) is 6.89. The minimum Gasteiger partial charge on any atom is -0.485 e. The molecule has 30 heavy (non-hydrogen) atoms. The molecule has 3 heterocycles. The zero-order valence-corrected chi connectivity index (χ0v) is 15.7. The van der Waals surface area contributed by atoms with Crippen LogP contribution >= 0.6 is 0 Å². The van der Waals surface area contributed by atoms with E-state index in [1.165, 1.54) is 18.2 Å². The van der Waals surface area contributed by atoms with E-state index in [1.54, 1.807) is 17.1 Å². The lowest BCUT2D eigenvalue weighted by Gasteiger charge is -2.25. The van der Waals surface area contributed by atoms with Crippen molar-refractivity contribution in [3.8, 4) is 22.6 Å². The van der Waals surface area contributed by atoms with Crippen molar-refractivity contribution < 1.29 is 23.8 Å². The minimum atomic E-state index is -0.950. The maximum atomic E-state index is 13.5. The van der Waals surface area contributed by atoms with E-state index in [-0.39, 0.29) is 37.0 Å². The third-order valence-electron chi connectivity index (χ3n) is 4.99. The molecule has 2 N–H and O–H groups in total. The van der Waals surface area contributed by atoms with E-state index in [1.807, 2.05) is 18.2 Å². The maximum absolute atomic E-state index is 13.5. The zero-order chi connectivity index (χ0) is 20.7. The van der Waals surface area contributed by atoms with Crippen molar-refractivity contribution in [2.24, 2.45) is 0 Å². The summed E-state index contributed by atoms with van der Waals surface area (Å²) in [5, 5.41) is 21.2. The fraction of sp³-hybridized carbons (Fsp3) is 0.190. The van der Waals surface area contributed by atoms with Gasteiger partial charge in [-0.15, -0.1) is 0 Å². The van der Waals surface area contributed by atoms with Crippen molar-refractivity contribution >= 4 is 16.7 Å². The molecule has 1 aliphatic rings. The lowest BCUT2D eigenvalue weighted by Crippen LogP contribution is -2.37. The highest BCUT2D eigenvalue weighted by atomic mass is 19.1. The highest BCUT2D eigenvalue weighted by Gasteiger charge is 2.32. The molecule has 5 rings (SSSR count). The van der Waals surface area contributed by atoms with Gasteiger partial charge < -0.3 is 14.6 Å². The monoisotopic (exact) mass is 408 g/mol. The fourth-order valence-corrected chi connectivity index (χ4v) is 3.54. The van der Waals surface area contributed by atoms with Crippen LogP contribution < -0.4 is 9.47 Å². The predicted octanol–water partition coefficient (Wildman–Crippen LogP) is 2.58. The smallest absolute Gasteiger partial charge is 0.227 e. The molecular weight excluding hydrogens is 391 g/mol. The number of Topliss-reactive ketones (excluding diaryl/α,β-unsaturated/α-hetero) is 1. The molecule has 0 bridgehead atoms. The number of ether oxygens (including phenoxy) is 2. The summed E-state index contributed by atoms with van der Waals surface area (Å²) >= 11 is 0. The van der Waals surface area contributed by atoms with Gasteiger partial charge in [0, 0.05) is 23.2 Å². The summed E-state index contributed by atoms with van der Waals surface area (Å²) in [6, 6.07) is 9.50. The van der Waals surface area contributed by atoms with Crippen molar-refractivity contribution in [2.45, 2.75) is 12.6 Å². The largest absolute Gasteiger partial charge is 0.485 e. The Balaban J connectivity index is 1.53. The summed E-state index contributed by atoms with van der Waals surface area (Å²) < 4.78 is 26.4. The average molecular weight is 408 g/mol. The Kier molecular flexibility index (Phi) is 4.44. The second-order valence-corrected chi connectivity index (χ2v) is 6.89. The van der Waals surface area contributed by atoms with E-state index in [4.69, 9.17) is 9.47 Å². The van der Waals surface area contributed by atoms with E-state index < -0.39 is 11.9 Å². The van der Waals surface area contributed by atoms with Crippen molar-refractivity contribution in [3.05, 3.63) is 60.3 Å². The number of carbonyl (C=O) groups is 1. The van der Waals surface area contributed by atoms with Gasteiger partial charge in [-0.05, 0) is 29.8 Å². The number of carbonyl (C=O) groups excluding carboxylic acids is 1. The predicted molar refractivity (Wildman–Crippen MR) is 105 cm³/mol.